The third-order valence-corrected chi connectivity index (χ3v) is 4.32. The first-order valence-electron chi connectivity index (χ1n) is 7.50. The first kappa shape index (κ1) is 13.4. The predicted octanol–water partition coefficient (Wildman–Crippen LogP) is 3.91. The third kappa shape index (κ3) is 2.78. The van der Waals surface area contributed by atoms with Crippen LogP contribution >= 0.6 is 0 Å². The average molecular weight is 270 g/mol. The highest BCUT2D eigenvalue weighted by Crippen LogP contribution is 2.28. The fourth-order valence-corrected chi connectivity index (χ4v) is 3.02. The zero-order valence-electron chi connectivity index (χ0n) is 12.0. The van der Waals surface area contributed by atoms with Crippen LogP contribution in [-0.4, -0.2) is 11.1 Å². The Labute approximate surface area is 120 Å². The molecule has 2 atom stereocenters. The number of rotatable bonds is 3. The summed E-state index contributed by atoms with van der Waals surface area (Å²) < 4.78 is 6.09. The van der Waals surface area contributed by atoms with Gasteiger partial charge in [0.05, 0.1) is 18.2 Å². The lowest BCUT2D eigenvalue weighted by Crippen LogP contribution is -2.25. The minimum atomic E-state index is 0.370. The molecule has 1 aromatic carbocycles. The van der Waals surface area contributed by atoms with Gasteiger partial charge in [-0.3, -0.25) is 0 Å². The maximum atomic E-state index is 6.09. The molecule has 1 saturated carbocycles. The molecule has 0 aliphatic heterocycles. The van der Waals surface area contributed by atoms with Crippen LogP contribution in [0, 0.1) is 5.92 Å². The molecule has 0 bridgehead atoms. The Bertz CT molecular complexity index is 597. The molecular formula is C17H22N2O. The summed E-state index contributed by atoms with van der Waals surface area (Å²) in [4.78, 5) is 4.46. The number of fused-ring (bicyclic) bond motifs is 1. The highest BCUT2D eigenvalue weighted by atomic mass is 16.5. The summed E-state index contributed by atoms with van der Waals surface area (Å²) in [5, 5.41) is 1.12. The van der Waals surface area contributed by atoms with Crippen LogP contribution in [0.2, 0.25) is 0 Å². The van der Waals surface area contributed by atoms with Gasteiger partial charge in [-0.25, -0.2) is 4.98 Å². The van der Waals surface area contributed by atoms with Gasteiger partial charge in [-0.2, -0.15) is 0 Å². The van der Waals surface area contributed by atoms with Crippen LogP contribution in [0.25, 0.3) is 10.9 Å². The number of pyridine rings is 1. The van der Waals surface area contributed by atoms with E-state index >= 15 is 0 Å². The van der Waals surface area contributed by atoms with Crippen molar-refractivity contribution in [2.75, 3.05) is 5.73 Å². The molecule has 1 aliphatic carbocycles. The summed E-state index contributed by atoms with van der Waals surface area (Å²) in [7, 11) is 0. The van der Waals surface area contributed by atoms with Crippen molar-refractivity contribution >= 4 is 16.7 Å². The number of nitrogens with two attached hydrogens (primary N) is 1. The Morgan fingerprint density at radius 1 is 1.25 bits per heavy atom. The standard InChI is InChI=1S/C17H22N2O/c1-12-6-2-5-9-16(12)20-11-14-10-13-7-3-4-8-15(13)19-17(14)18/h3-4,7-8,10,12,16H,2,5-6,9,11H2,1H3,(H2,18,19). The molecule has 20 heavy (non-hydrogen) atoms. The van der Waals surface area contributed by atoms with Gasteiger partial charge in [-0.1, -0.05) is 38.0 Å². The number of para-hydroxylation sites is 1. The van der Waals surface area contributed by atoms with Crippen molar-refractivity contribution in [1.29, 1.82) is 0 Å². The molecule has 0 saturated heterocycles. The quantitative estimate of drug-likeness (QED) is 0.919. The molecule has 1 fully saturated rings. The second kappa shape index (κ2) is 5.80. The minimum absolute atomic E-state index is 0.370. The van der Waals surface area contributed by atoms with Crippen molar-refractivity contribution in [1.82, 2.24) is 4.98 Å². The number of nitrogen functional groups attached to an aromatic ring is 1. The summed E-state index contributed by atoms with van der Waals surface area (Å²) in [6.07, 6.45) is 5.42. The second-order valence-electron chi connectivity index (χ2n) is 5.84. The van der Waals surface area contributed by atoms with Gasteiger partial charge in [-0.05, 0) is 30.9 Å². The van der Waals surface area contributed by atoms with E-state index in [2.05, 4.69) is 24.0 Å². The maximum Gasteiger partial charge on any atom is 0.129 e. The van der Waals surface area contributed by atoms with Crippen molar-refractivity contribution < 1.29 is 4.74 Å². The van der Waals surface area contributed by atoms with Gasteiger partial charge in [0.15, 0.2) is 0 Å². The van der Waals surface area contributed by atoms with E-state index in [0.717, 1.165) is 16.5 Å². The average Bonchev–Trinajstić information content (AvgIpc) is 2.46. The fourth-order valence-electron chi connectivity index (χ4n) is 3.02. The van der Waals surface area contributed by atoms with Crippen LogP contribution in [0.3, 0.4) is 0 Å². The molecule has 0 radical (unpaired) electrons. The van der Waals surface area contributed by atoms with E-state index in [1.807, 2.05) is 18.2 Å². The van der Waals surface area contributed by atoms with Crippen molar-refractivity contribution in [3.63, 3.8) is 0 Å². The minimum Gasteiger partial charge on any atom is -0.383 e. The van der Waals surface area contributed by atoms with Gasteiger partial charge in [-0.15, -0.1) is 0 Å². The first-order chi connectivity index (χ1) is 9.74. The number of nitrogens with zero attached hydrogens (tertiary/aromatic N) is 1. The molecule has 0 amide bonds. The summed E-state index contributed by atoms with van der Waals surface area (Å²) in [6, 6.07) is 10.2. The molecule has 2 aromatic rings. The zero-order chi connectivity index (χ0) is 13.9. The molecule has 3 heteroatoms. The predicted molar refractivity (Wildman–Crippen MR) is 82.4 cm³/mol. The maximum absolute atomic E-state index is 6.09. The van der Waals surface area contributed by atoms with Gasteiger partial charge in [0, 0.05) is 10.9 Å². The molecule has 3 nitrogen and oxygen atoms in total. The number of hydrogen-bond acceptors (Lipinski definition) is 3. The summed E-state index contributed by atoms with van der Waals surface area (Å²) in [5.41, 5.74) is 7.99. The van der Waals surface area contributed by atoms with E-state index in [1.165, 1.54) is 25.7 Å². The van der Waals surface area contributed by atoms with Gasteiger partial charge in [0.1, 0.15) is 5.82 Å². The normalized spacial score (nSPS) is 23.1. The number of anilines is 1. The van der Waals surface area contributed by atoms with Gasteiger partial charge >= 0.3 is 0 Å². The summed E-state index contributed by atoms with van der Waals surface area (Å²) in [5.74, 6) is 1.24. The van der Waals surface area contributed by atoms with Crippen molar-refractivity contribution in [3.8, 4) is 0 Å². The summed E-state index contributed by atoms with van der Waals surface area (Å²) >= 11 is 0. The van der Waals surface area contributed by atoms with E-state index in [9.17, 15) is 0 Å². The zero-order valence-corrected chi connectivity index (χ0v) is 12.0. The molecule has 1 heterocycles. The van der Waals surface area contributed by atoms with Crippen molar-refractivity contribution in [2.24, 2.45) is 5.92 Å². The van der Waals surface area contributed by atoms with E-state index in [4.69, 9.17) is 10.5 Å². The van der Waals surface area contributed by atoms with Crippen LogP contribution < -0.4 is 5.73 Å². The van der Waals surface area contributed by atoms with Gasteiger partial charge in [0.2, 0.25) is 0 Å². The first-order valence-corrected chi connectivity index (χ1v) is 7.50. The Kier molecular flexibility index (Phi) is 3.88. The van der Waals surface area contributed by atoms with Crippen molar-refractivity contribution in [3.05, 3.63) is 35.9 Å². The monoisotopic (exact) mass is 270 g/mol. The largest absolute Gasteiger partial charge is 0.383 e. The lowest BCUT2D eigenvalue weighted by atomic mass is 9.88. The molecular weight excluding hydrogens is 248 g/mol. The Morgan fingerprint density at radius 2 is 2.05 bits per heavy atom. The molecule has 2 unspecified atom stereocenters. The molecule has 1 aromatic heterocycles. The highest BCUT2D eigenvalue weighted by molar-refractivity contribution is 5.81. The molecule has 1 aliphatic rings. The van der Waals surface area contributed by atoms with Crippen molar-refractivity contribution in [2.45, 2.75) is 45.3 Å². The summed E-state index contributed by atoms with van der Waals surface area (Å²) in [6.45, 7) is 2.85. The highest BCUT2D eigenvalue weighted by Gasteiger charge is 2.22. The van der Waals surface area contributed by atoms with Crippen LogP contribution in [0.4, 0.5) is 5.82 Å². The third-order valence-electron chi connectivity index (χ3n) is 4.32. The van der Waals surface area contributed by atoms with Crippen LogP contribution in [0.1, 0.15) is 38.2 Å². The van der Waals surface area contributed by atoms with Gasteiger partial charge in [0.25, 0.3) is 0 Å². The van der Waals surface area contributed by atoms with E-state index in [1.54, 1.807) is 0 Å². The molecule has 106 valence electrons. The Balaban J connectivity index is 1.75. The van der Waals surface area contributed by atoms with E-state index in [0.29, 0.717) is 24.4 Å². The van der Waals surface area contributed by atoms with Crippen LogP contribution in [0.5, 0.6) is 0 Å². The Morgan fingerprint density at radius 3 is 2.90 bits per heavy atom. The number of aromatic nitrogens is 1. The lowest BCUT2D eigenvalue weighted by molar-refractivity contribution is -0.0152. The number of hydrogen-bond donors (Lipinski definition) is 1. The van der Waals surface area contributed by atoms with Crippen LogP contribution in [0.15, 0.2) is 30.3 Å². The fraction of sp³-hybridized carbons (Fsp3) is 0.471. The van der Waals surface area contributed by atoms with Gasteiger partial charge < -0.3 is 10.5 Å². The number of benzene rings is 1. The van der Waals surface area contributed by atoms with E-state index in [-0.39, 0.29) is 0 Å². The molecule has 3 rings (SSSR count). The molecule has 0 spiro atoms. The second-order valence-corrected chi connectivity index (χ2v) is 5.84. The lowest BCUT2D eigenvalue weighted by Gasteiger charge is -2.28. The SMILES string of the molecule is CC1CCCCC1OCc1cc2ccccc2nc1N. The smallest absolute Gasteiger partial charge is 0.129 e. The topological polar surface area (TPSA) is 48.1 Å². The van der Waals surface area contributed by atoms with Crippen LogP contribution in [-0.2, 0) is 11.3 Å². The molecule has 2 N–H and O–H groups in total. The Hall–Kier alpha value is -1.61. The van der Waals surface area contributed by atoms with E-state index < -0.39 is 0 Å². The number of ether oxygens (including phenoxy) is 1.